The van der Waals surface area contributed by atoms with Crippen LogP contribution in [0.4, 0.5) is 4.39 Å². The van der Waals surface area contributed by atoms with Crippen molar-refractivity contribution in [1.82, 2.24) is 4.90 Å². The fourth-order valence-corrected chi connectivity index (χ4v) is 3.35. The van der Waals surface area contributed by atoms with Crippen molar-refractivity contribution in [2.75, 3.05) is 24.7 Å². The summed E-state index contributed by atoms with van der Waals surface area (Å²) < 4.78 is 18.9. The van der Waals surface area contributed by atoms with Crippen molar-refractivity contribution in [3.05, 3.63) is 34.1 Å². The molecule has 1 aromatic carbocycles. The Labute approximate surface area is 135 Å². The van der Waals surface area contributed by atoms with E-state index in [9.17, 15) is 14.0 Å². The highest BCUT2D eigenvalue weighted by Crippen LogP contribution is 2.22. The lowest BCUT2D eigenvalue weighted by Crippen LogP contribution is -2.51. The normalized spacial score (nSPS) is 18.4. The summed E-state index contributed by atoms with van der Waals surface area (Å²) in [5.74, 6) is -0.000141. The van der Waals surface area contributed by atoms with Crippen molar-refractivity contribution in [3.63, 3.8) is 0 Å². The lowest BCUT2D eigenvalue weighted by molar-refractivity contribution is -0.147. The van der Waals surface area contributed by atoms with Crippen molar-refractivity contribution in [1.29, 1.82) is 0 Å². The molecular weight excluding hydrogens is 361 g/mol. The number of amides is 1. The number of thioether (sulfide) groups is 1. The average molecular weight is 376 g/mol. The first-order chi connectivity index (χ1) is 10.0. The SMILES string of the molecule is CCOC(=O)C1CSCCN1C(=O)c1ccc(Br)c(F)c1. The van der Waals surface area contributed by atoms with Gasteiger partial charge in [0.1, 0.15) is 11.9 Å². The zero-order chi connectivity index (χ0) is 15.4. The fraction of sp³-hybridized carbons (Fsp3) is 0.429. The van der Waals surface area contributed by atoms with Crippen molar-refractivity contribution in [2.45, 2.75) is 13.0 Å². The zero-order valence-electron chi connectivity index (χ0n) is 11.5. The van der Waals surface area contributed by atoms with Crippen LogP contribution < -0.4 is 0 Å². The van der Waals surface area contributed by atoms with Gasteiger partial charge in [-0.2, -0.15) is 11.8 Å². The summed E-state index contributed by atoms with van der Waals surface area (Å²) in [6.07, 6.45) is 0. The van der Waals surface area contributed by atoms with Crippen LogP contribution in [0.1, 0.15) is 17.3 Å². The highest BCUT2D eigenvalue weighted by atomic mass is 79.9. The van der Waals surface area contributed by atoms with Crippen LogP contribution in [0, 0.1) is 5.82 Å². The lowest BCUT2D eigenvalue weighted by Gasteiger charge is -2.33. The monoisotopic (exact) mass is 375 g/mol. The Kier molecular flexibility index (Phi) is 5.64. The molecule has 0 saturated carbocycles. The molecule has 7 heteroatoms. The Morgan fingerprint density at radius 3 is 2.95 bits per heavy atom. The van der Waals surface area contributed by atoms with Crippen molar-refractivity contribution < 1.29 is 18.7 Å². The van der Waals surface area contributed by atoms with E-state index >= 15 is 0 Å². The molecule has 1 aliphatic heterocycles. The van der Waals surface area contributed by atoms with Gasteiger partial charge >= 0.3 is 5.97 Å². The molecule has 1 amide bonds. The van der Waals surface area contributed by atoms with Gasteiger partial charge in [0.05, 0.1) is 11.1 Å². The van der Waals surface area contributed by atoms with Crippen LogP contribution >= 0.6 is 27.7 Å². The molecule has 2 rings (SSSR count). The van der Waals surface area contributed by atoms with E-state index in [1.807, 2.05) is 0 Å². The van der Waals surface area contributed by atoms with Crippen molar-refractivity contribution >= 4 is 39.6 Å². The maximum atomic E-state index is 13.6. The number of benzene rings is 1. The number of carbonyl (C=O) groups is 2. The van der Waals surface area contributed by atoms with E-state index in [4.69, 9.17) is 4.74 Å². The highest BCUT2D eigenvalue weighted by molar-refractivity contribution is 9.10. The van der Waals surface area contributed by atoms with Gasteiger partial charge < -0.3 is 9.64 Å². The molecule has 1 fully saturated rings. The summed E-state index contributed by atoms with van der Waals surface area (Å²) in [5, 5.41) is 0. The Hall–Kier alpha value is -1.08. The fourth-order valence-electron chi connectivity index (χ4n) is 2.08. The Bertz CT molecular complexity index is 555. The van der Waals surface area contributed by atoms with E-state index in [2.05, 4.69) is 15.9 Å². The Balaban J connectivity index is 2.21. The van der Waals surface area contributed by atoms with Crippen LogP contribution in [-0.2, 0) is 9.53 Å². The third kappa shape index (κ3) is 3.77. The topological polar surface area (TPSA) is 46.6 Å². The van der Waals surface area contributed by atoms with Gasteiger partial charge in [-0.15, -0.1) is 0 Å². The Morgan fingerprint density at radius 1 is 1.52 bits per heavy atom. The number of carbonyl (C=O) groups excluding carboxylic acids is 2. The van der Waals surface area contributed by atoms with Gasteiger partial charge in [0.25, 0.3) is 5.91 Å². The first-order valence-electron chi connectivity index (χ1n) is 6.55. The summed E-state index contributed by atoms with van der Waals surface area (Å²) >= 11 is 4.66. The molecule has 0 aliphatic carbocycles. The number of nitrogens with zero attached hydrogens (tertiary/aromatic N) is 1. The molecule has 0 bridgehead atoms. The number of hydrogen-bond acceptors (Lipinski definition) is 4. The second kappa shape index (κ2) is 7.26. The van der Waals surface area contributed by atoms with E-state index < -0.39 is 17.8 Å². The molecule has 0 N–H and O–H groups in total. The quantitative estimate of drug-likeness (QED) is 0.762. The molecule has 1 saturated heterocycles. The van der Waals surface area contributed by atoms with E-state index in [1.54, 1.807) is 24.8 Å². The summed E-state index contributed by atoms with van der Waals surface area (Å²) in [7, 11) is 0. The van der Waals surface area contributed by atoms with Crippen LogP contribution in [0.15, 0.2) is 22.7 Å². The maximum Gasteiger partial charge on any atom is 0.329 e. The predicted octanol–water partition coefficient (Wildman–Crippen LogP) is 2.71. The summed E-state index contributed by atoms with van der Waals surface area (Å²) in [5.41, 5.74) is 0.233. The number of hydrogen-bond donors (Lipinski definition) is 0. The smallest absolute Gasteiger partial charge is 0.329 e. The molecule has 1 aromatic rings. The van der Waals surface area contributed by atoms with E-state index in [-0.39, 0.29) is 18.1 Å². The second-order valence-electron chi connectivity index (χ2n) is 4.47. The predicted molar refractivity (Wildman–Crippen MR) is 82.9 cm³/mol. The third-order valence-electron chi connectivity index (χ3n) is 3.11. The average Bonchev–Trinajstić information content (AvgIpc) is 2.49. The van der Waals surface area contributed by atoms with Crippen LogP contribution in [0.3, 0.4) is 0 Å². The number of halogens is 2. The summed E-state index contributed by atoms with van der Waals surface area (Å²) in [6.45, 7) is 2.45. The molecule has 21 heavy (non-hydrogen) atoms. The highest BCUT2D eigenvalue weighted by Gasteiger charge is 2.34. The molecule has 0 radical (unpaired) electrons. The number of esters is 1. The summed E-state index contributed by atoms with van der Waals surface area (Å²) in [6, 6.07) is 3.60. The van der Waals surface area contributed by atoms with Gasteiger partial charge in [-0.05, 0) is 41.1 Å². The molecule has 114 valence electrons. The maximum absolute atomic E-state index is 13.6. The van der Waals surface area contributed by atoms with Crippen LogP contribution in [0.2, 0.25) is 0 Å². The molecule has 0 aromatic heterocycles. The Morgan fingerprint density at radius 2 is 2.29 bits per heavy atom. The molecule has 1 atom stereocenters. The molecule has 4 nitrogen and oxygen atoms in total. The van der Waals surface area contributed by atoms with Gasteiger partial charge in [0.2, 0.25) is 0 Å². The molecule has 1 aliphatic rings. The minimum absolute atomic E-state index is 0.233. The van der Waals surface area contributed by atoms with Gasteiger partial charge in [-0.1, -0.05) is 0 Å². The van der Waals surface area contributed by atoms with Crippen LogP contribution in [0.5, 0.6) is 0 Å². The van der Waals surface area contributed by atoms with Crippen LogP contribution in [-0.4, -0.2) is 47.5 Å². The van der Waals surface area contributed by atoms with Gasteiger partial charge in [0.15, 0.2) is 0 Å². The minimum atomic E-state index is -0.608. The number of rotatable bonds is 3. The summed E-state index contributed by atoms with van der Waals surface area (Å²) in [4.78, 5) is 25.9. The zero-order valence-corrected chi connectivity index (χ0v) is 13.9. The van der Waals surface area contributed by atoms with Gasteiger partial charge in [-0.3, -0.25) is 4.79 Å². The largest absolute Gasteiger partial charge is 0.464 e. The van der Waals surface area contributed by atoms with E-state index in [0.29, 0.717) is 16.8 Å². The molecular formula is C14H15BrFNO3S. The van der Waals surface area contributed by atoms with Crippen molar-refractivity contribution in [3.8, 4) is 0 Å². The van der Waals surface area contributed by atoms with Crippen LogP contribution in [0.25, 0.3) is 0 Å². The molecule has 1 unspecified atom stereocenters. The number of ether oxygens (including phenoxy) is 1. The standard InChI is InChI=1S/C14H15BrFNO3S/c1-2-20-14(19)12-8-21-6-5-17(12)13(18)9-3-4-10(15)11(16)7-9/h3-4,7,12H,2,5-6,8H2,1H3. The minimum Gasteiger partial charge on any atom is -0.464 e. The second-order valence-corrected chi connectivity index (χ2v) is 6.47. The third-order valence-corrected chi connectivity index (χ3v) is 4.78. The van der Waals surface area contributed by atoms with Crippen molar-refractivity contribution in [2.24, 2.45) is 0 Å². The van der Waals surface area contributed by atoms with E-state index in [0.717, 1.165) is 5.75 Å². The van der Waals surface area contributed by atoms with Gasteiger partial charge in [-0.25, -0.2) is 9.18 Å². The first-order valence-corrected chi connectivity index (χ1v) is 8.49. The first kappa shape index (κ1) is 16.3. The van der Waals surface area contributed by atoms with E-state index in [1.165, 1.54) is 17.0 Å². The lowest BCUT2D eigenvalue weighted by atomic mass is 10.1. The molecule has 0 spiro atoms. The molecule has 1 heterocycles. The van der Waals surface area contributed by atoms with Gasteiger partial charge in [0, 0.05) is 23.6 Å².